The Balaban J connectivity index is 0.000000138. The first-order valence-corrected chi connectivity index (χ1v) is 33.1. The van der Waals surface area contributed by atoms with E-state index in [1.54, 1.807) is 0 Å². The first-order valence-electron chi connectivity index (χ1n) is 33.1. The largest absolute Gasteiger partial charge is 0.0622 e. The van der Waals surface area contributed by atoms with E-state index < -0.39 is 0 Å². The van der Waals surface area contributed by atoms with Gasteiger partial charge >= 0.3 is 0 Å². The minimum Gasteiger partial charge on any atom is -0.0622 e. The summed E-state index contributed by atoms with van der Waals surface area (Å²) in [7, 11) is 0. The van der Waals surface area contributed by atoms with Crippen LogP contribution in [0.1, 0.15) is 49.9 Å². The molecule has 2 aliphatic carbocycles. The van der Waals surface area contributed by atoms with Gasteiger partial charge in [-0.15, -0.1) is 0 Å². The topological polar surface area (TPSA) is 0 Å². The highest BCUT2D eigenvalue weighted by molar-refractivity contribution is 6.04. The molecule has 0 aromatic heterocycles. The quantitative estimate of drug-likeness (QED) is 0.156. The SMILES string of the molecule is CC1(C)c2cc(-c3cc(-c4ccc5cc(-c6ccc7ccccc7c6)ccc5c4)c4ccccc4c3)ccc2-c2cc3ccccc3cc21.CC1(C)c2cc(-c3ccc4cc(-c5ccc6ccccc6c5)ccc4c3)ccc2-c2cc3cc(-c4ccccc4)ccc3cc21. The molecule has 19 rings (SSSR count). The van der Waals surface area contributed by atoms with E-state index >= 15 is 0 Å². The van der Waals surface area contributed by atoms with Crippen molar-refractivity contribution in [2.45, 2.75) is 38.5 Å². The fraction of sp³-hybridized carbons (Fsp3) is 0.0638. The summed E-state index contributed by atoms with van der Waals surface area (Å²) in [6, 6.07) is 122. The van der Waals surface area contributed by atoms with Gasteiger partial charge < -0.3 is 0 Å². The number of benzene rings is 17. The van der Waals surface area contributed by atoms with Crippen LogP contribution in [0.4, 0.5) is 0 Å². The first-order chi connectivity index (χ1) is 46.0. The predicted octanol–water partition coefficient (Wildman–Crippen LogP) is 26.1. The Hall–Kier alpha value is -11.4. The highest BCUT2D eigenvalue weighted by atomic mass is 14.4. The molecule has 0 saturated heterocycles. The monoisotopic (exact) mass is 1190 g/mol. The molecule has 0 bridgehead atoms. The smallest absolute Gasteiger partial charge is 0.0159 e. The normalized spacial score (nSPS) is 13.3. The minimum absolute atomic E-state index is 0.0709. The first kappa shape index (κ1) is 55.4. The zero-order valence-electron chi connectivity index (χ0n) is 53.2. The molecule has 0 radical (unpaired) electrons. The highest BCUT2D eigenvalue weighted by Gasteiger charge is 2.37. The zero-order chi connectivity index (χ0) is 62.8. The van der Waals surface area contributed by atoms with Gasteiger partial charge in [0.05, 0.1) is 0 Å². The second kappa shape index (κ2) is 21.6. The third-order valence-electron chi connectivity index (χ3n) is 21.0. The molecule has 0 unspecified atom stereocenters. The fourth-order valence-corrected chi connectivity index (χ4v) is 15.7. The lowest BCUT2D eigenvalue weighted by molar-refractivity contribution is 0.661. The summed E-state index contributed by atoms with van der Waals surface area (Å²) >= 11 is 0. The van der Waals surface area contributed by atoms with Gasteiger partial charge in [0.15, 0.2) is 0 Å². The van der Waals surface area contributed by atoms with Crippen molar-refractivity contribution in [2.24, 2.45) is 0 Å². The van der Waals surface area contributed by atoms with Gasteiger partial charge in [0, 0.05) is 10.8 Å². The van der Waals surface area contributed by atoms with Crippen molar-refractivity contribution in [3.63, 3.8) is 0 Å². The summed E-state index contributed by atoms with van der Waals surface area (Å²) in [6.45, 7) is 9.51. The van der Waals surface area contributed by atoms with Crippen LogP contribution in [0.15, 0.2) is 328 Å². The number of hydrogen-bond acceptors (Lipinski definition) is 0. The van der Waals surface area contributed by atoms with Crippen molar-refractivity contribution in [2.75, 3.05) is 0 Å². The Morgan fingerprint density at radius 1 is 0.149 bits per heavy atom. The van der Waals surface area contributed by atoms with Gasteiger partial charge in [0.2, 0.25) is 0 Å². The third kappa shape index (κ3) is 9.35. The van der Waals surface area contributed by atoms with Crippen LogP contribution < -0.4 is 0 Å². The van der Waals surface area contributed by atoms with Crippen LogP contribution in [0, 0.1) is 0 Å². The summed E-state index contributed by atoms with van der Waals surface area (Å²) in [5.41, 5.74) is 26.0. The molecular weight excluding hydrogens is 1130 g/mol. The molecule has 0 fully saturated rings. The molecule has 0 N–H and O–H groups in total. The lowest BCUT2D eigenvalue weighted by atomic mass is 9.81. The van der Waals surface area contributed by atoms with Crippen molar-refractivity contribution < 1.29 is 0 Å². The van der Waals surface area contributed by atoms with Crippen LogP contribution >= 0.6 is 0 Å². The molecule has 0 spiro atoms. The van der Waals surface area contributed by atoms with E-state index in [0.29, 0.717) is 0 Å². The van der Waals surface area contributed by atoms with Gasteiger partial charge in [0.1, 0.15) is 0 Å². The van der Waals surface area contributed by atoms with Crippen molar-refractivity contribution in [3.8, 4) is 89.0 Å². The van der Waals surface area contributed by atoms with Crippen molar-refractivity contribution in [3.05, 3.63) is 350 Å². The number of fused-ring (bicyclic) bond motifs is 13. The predicted molar refractivity (Wildman–Crippen MR) is 403 cm³/mol. The van der Waals surface area contributed by atoms with Crippen LogP contribution in [0.2, 0.25) is 0 Å². The van der Waals surface area contributed by atoms with E-state index in [9.17, 15) is 0 Å². The Kier molecular flexibility index (Phi) is 12.7. The maximum Gasteiger partial charge on any atom is 0.0159 e. The zero-order valence-corrected chi connectivity index (χ0v) is 53.2. The molecule has 2 aliphatic rings. The molecule has 0 heteroatoms. The Labute approximate surface area is 549 Å². The highest BCUT2D eigenvalue weighted by Crippen LogP contribution is 2.53. The molecule has 0 aliphatic heterocycles. The van der Waals surface area contributed by atoms with Crippen LogP contribution in [0.5, 0.6) is 0 Å². The van der Waals surface area contributed by atoms with Crippen LogP contribution in [-0.4, -0.2) is 0 Å². The number of rotatable bonds is 6. The molecule has 0 saturated carbocycles. The summed E-state index contributed by atoms with van der Waals surface area (Å²) in [6.07, 6.45) is 0. The Bertz CT molecular complexity index is 5970. The van der Waals surface area contributed by atoms with Crippen molar-refractivity contribution in [1.29, 1.82) is 0 Å². The van der Waals surface area contributed by atoms with E-state index in [-0.39, 0.29) is 10.8 Å². The molecule has 17 aromatic rings. The van der Waals surface area contributed by atoms with Gasteiger partial charge in [-0.2, -0.15) is 0 Å². The third-order valence-corrected chi connectivity index (χ3v) is 21.0. The summed E-state index contributed by atoms with van der Waals surface area (Å²) < 4.78 is 0. The lowest BCUT2D eigenvalue weighted by Crippen LogP contribution is -2.15. The molecule has 17 aromatic carbocycles. The second-order valence-electron chi connectivity index (χ2n) is 27.3. The van der Waals surface area contributed by atoms with Gasteiger partial charge in [-0.05, 0) is 278 Å². The van der Waals surface area contributed by atoms with Crippen LogP contribution in [0.3, 0.4) is 0 Å². The van der Waals surface area contributed by atoms with Crippen molar-refractivity contribution >= 4 is 75.4 Å². The van der Waals surface area contributed by atoms with Gasteiger partial charge in [-0.25, -0.2) is 0 Å². The summed E-state index contributed by atoms with van der Waals surface area (Å²) in [5.74, 6) is 0. The lowest BCUT2D eigenvalue weighted by Gasteiger charge is -2.22. The standard InChI is InChI=1S/C49H34.C45H32/c1-49(2)47-30-39(21-22-44(47)46-27-33-11-5-6-12-34(33)29-48(46)49)42-26-40-13-7-8-14-43(40)45(28-42)41-20-19-37-24-36(17-18-38(37)25-41)35-16-15-31-9-3-4-10-32(31)23-35;1-45(2)43-27-38(20-21-41(43)42-26-40-25-32(29-8-4-3-5-9-29)14-19-39(40)28-44(42)45)37-18-17-35-23-34(15-16-36(35)24-37)33-13-12-30-10-6-7-11-31(30)22-33/h3-30H,1-2H3;3-28H,1-2H3. The van der Waals surface area contributed by atoms with E-state index in [0.717, 1.165) is 0 Å². The van der Waals surface area contributed by atoms with E-state index in [1.165, 1.54) is 187 Å². The molecule has 0 nitrogen and oxygen atoms in total. The molecule has 0 heterocycles. The fourth-order valence-electron chi connectivity index (χ4n) is 15.7. The molecule has 94 heavy (non-hydrogen) atoms. The average Bonchev–Trinajstić information content (AvgIpc) is 1.57. The summed E-state index contributed by atoms with van der Waals surface area (Å²) in [4.78, 5) is 0. The van der Waals surface area contributed by atoms with Gasteiger partial charge in [0.25, 0.3) is 0 Å². The van der Waals surface area contributed by atoms with Gasteiger partial charge in [-0.1, -0.05) is 264 Å². The van der Waals surface area contributed by atoms with Crippen LogP contribution in [-0.2, 0) is 10.8 Å². The average molecular weight is 1200 g/mol. The van der Waals surface area contributed by atoms with E-state index in [4.69, 9.17) is 0 Å². The van der Waals surface area contributed by atoms with E-state index in [2.05, 4.69) is 355 Å². The molecule has 0 atom stereocenters. The minimum atomic E-state index is -0.0750. The maximum absolute atomic E-state index is 2.45. The maximum atomic E-state index is 2.45. The Morgan fingerprint density at radius 3 is 0.926 bits per heavy atom. The second-order valence-corrected chi connectivity index (χ2v) is 27.3. The van der Waals surface area contributed by atoms with E-state index in [1.807, 2.05) is 0 Å². The summed E-state index contributed by atoms with van der Waals surface area (Å²) in [5, 5.41) is 17.9. The van der Waals surface area contributed by atoms with Crippen molar-refractivity contribution in [1.82, 2.24) is 0 Å². The van der Waals surface area contributed by atoms with Crippen LogP contribution in [0.25, 0.3) is 164 Å². The number of hydrogen-bond donors (Lipinski definition) is 0. The Morgan fingerprint density at radius 2 is 0.436 bits per heavy atom. The van der Waals surface area contributed by atoms with Gasteiger partial charge in [-0.3, -0.25) is 0 Å². The molecule has 442 valence electrons. The molecular formula is C94H66. The molecule has 0 amide bonds.